The van der Waals surface area contributed by atoms with Gasteiger partial charge in [0.2, 0.25) is 12.1 Å². The summed E-state index contributed by atoms with van der Waals surface area (Å²) >= 11 is 0. The minimum Gasteiger partial charge on any atom is -0.481 e. The van der Waals surface area contributed by atoms with E-state index in [0.717, 1.165) is 12.3 Å². The van der Waals surface area contributed by atoms with Crippen LogP contribution in [0.2, 0.25) is 0 Å². The number of esters is 1. The molecule has 0 saturated carbocycles. The highest BCUT2D eigenvalue weighted by Crippen LogP contribution is 2.41. The van der Waals surface area contributed by atoms with Gasteiger partial charge in [0.1, 0.15) is 18.5 Å². The molecule has 1 aliphatic heterocycles. The lowest BCUT2D eigenvalue weighted by molar-refractivity contribution is -0.873. The molecule has 1 unspecified atom stereocenters. The van der Waals surface area contributed by atoms with Crippen LogP contribution in [0.3, 0.4) is 0 Å². The standard InChI is InChI=1S/C22H32F2N4O9/c1-28(2,3)11-13(10-17(31)32)36-18(33)7-5-4-6-16(30)25-15-8-9-27(21(35)26-15)20-22(23,24)19(34)14(12-29)37-20/h8-9,13-14,19-20,29,34H,4-7,10-12H2,1-3H3,(H-,25,26,30,31,32,35)/p+1/t13?,14-,19-,20-/m1/s1. The Labute approximate surface area is 211 Å². The van der Waals surface area contributed by atoms with Crippen LogP contribution in [0.5, 0.6) is 0 Å². The van der Waals surface area contributed by atoms with E-state index in [-0.39, 0.29) is 37.9 Å². The summed E-state index contributed by atoms with van der Waals surface area (Å²) in [5.74, 6) is -6.25. The number of hydrogen-bond acceptors (Lipinski definition) is 9. The van der Waals surface area contributed by atoms with Crippen molar-refractivity contribution >= 4 is 23.7 Å². The first-order valence-electron chi connectivity index (χ1n) is 11.6. The number of nitrogens with one attached hydrogen (secondary N) is 1. The number of aliphatic carboxylic acids is 1. The van der Waals surface area contributed by atoms with Crippen LogP contribution in [-0.4, -0.2) is 106 Å². The number of halogens is 2. The van der Waals surface area contributed by atoms with Gasteiger partial charge in [-0.2, -0.15) is 13.8 Å². The van der Waals surface area contributed by atoms with Gasteiger partial charge in [-0.15, -0.1) is 0 Å². The Morgan fingerprint density at radius 1 is 1.27 bits per heavy atom. The normalized spacial score (nSPS) is 21.9. The Morgan fingerprint density at radius 3 is 2.46 bits per heavy atom. The fourth-order valence-electron chi connectivity index (χ4n) is 3.73. The van der Waals surface area contributed by atoms with Crippen LogP contribution in [0.15, 0.2) is 17.1 Å². The third-order valence-corrected chi connectivity index (χ3v) is 5.40. The second kappa shape index (κ2) is 12.5. The molecule has 1 amide bonds. The number of nitrogens with zero attached hydrogens (tertiary/aromatic N) is 3. The minimum absolute atomic E-state index is 0.0227. The molecule has 13 nitrogen and oxygen atoms in total. The van der Waals surface area contributed by atoms with Crippen molar-refractivity contribution in [2.24, 2.45) is 0 Å². The first-order valence-corrected chi connectivity index (χ1v) is 11.6. The third kappa shape index (κ3) is 8.80. The van der Waals surface area contributed by atoms with E-state index in [4.69, 9.17) is 19.7 Å². The van der Waals surface area contributed by atoms with Crippen LogP contribution in [0.1, 0.15) is 38.3 Å². The Hall–Kier alpha value is -3.01. The summed E-state index contributed by atoms with van der Waals surface area (Å²) in [6, 6.07) is 1.10. The molecule has 0 bridgehead atoms. The van der Waals surface area contributed by atoms with Crippen LogP contribution in [0.4, 0.5) is 14.6 Å². The average molecular weight is 536 g/mol. The van der Waals surface area contributed by atoms with Crippen LogP contribution in [-0.2, 0) is 23.9 Å². The molecule has 0 aliphatic carbocycles. The molecule has 15 heteroatoms. The van der Waals surface area contributed by atoms with Crippen LogP contribution >= 0.6 is 0 Å². The molecule has 2 rings (SSSR count). The van der Waals surface area contributed by atoms with Crippen molar-refractivity contribution < 1.29 is 52.4 Å². The quantitative estimate of drug-likeness (QED) is 0.149. The van der Waals surface area contributed by atoms with Crippen molar-refractivity contribution in [2.45, 2.75) is 62.6 Å². The minimum atomic E-state index is -3.86. The van der Waals surface area contributed by atoms with Gasteiger partial charge >= 0.3 is 23.6 Å². The van der Waals surface area contributed by atoms with Crippen LogP contribution < -0.4 is 11.0 Å². The van der Waals surface area contributed by atoms with Gasteiger partial charge in [0.05, 0.1) is 34.2 Å². The van der Waals surface area contributed by atoms with Gasteiger partial charge in [-0.05, 0) is 18.9 Å². The van der Waals surface area contributed by atoms with E-state index < -0.39 is 60.6 Å². The Morgan fingerprint density at radius 2 is 1.92 bits per heavy atom. The molecule has 0 aromatic carbocycles. The lowest BCUT2D eigenvalue weighted by atomic mass is 10.1. The van der Waals surface area contributed by atoms with E-state index in [2.05, 4.69) is 10.3 Å². The number of aromatic nitrogens is 2. The predicted octanol–water partition coefficient (Wildman–Crippen LogP) is -0.279. The molecule has 0 spiro atoms. The zero-order chi connectivity index (χ0) is 28.0. The average Bonchev–Trinajstić information content (AvgIpc) is 2.98. The largest absolute Gasteiger partial charge is 0.481 e. The molecule has 37 heavy (non-hydrogen) atoms. The number of unbranched alkanes of at least 4 members (excludes halogenated alkanes) is 1. The molecule has 1 aromatic heterocycles. The number of quaternary nitrogens is 1. The summed E-state index contributed by atoms with van der Waals surface area (Å²) in [6.45, 7) is -0.556. The molecule has 1 aliphatic rings. The molecule has 0 radical (unpaired) electrons. The number of carboxylic acid groups (broad SMARTS) is 1. The van der Waals surface area contributed by atoms with E-state index in [0.29, 0.717) is 15.6 Å². The molecule has 208 valence electrons. The van der Waals surface area contributed by atoms with Gasteiger partial charge in [0, 0.05) is 19.0 Å². The number of carbonyl (C=O) groups is 3. The lowest BCUT2D eigenvalue weighted by Crippen LogP contribution is -2.43. The summed E-state index contributed by atoms with van der Waals surface area (Å²) in [7, 11) is 5.52. The number of rotatable bonds is 13. The number of alkyl halides is 2. The Bertz CT molecular complexity index is 1030. The monoisotopic (exact) mass is 535 g/mol. The highest BCUT2D eigenvalue weighted by molar-refractivity contribution is 5.89. The van der Waals surface area contributed by atoms with Crippen LogP contribution in [0, 0.1) is 0 Å². The van der Waals surface area contributed by atoms with E-state index >= 15 is 0 Å². The van der Waals surface area contributed by atoms with E-state index in [1.165, 1.54) is 0 Å². The van der Waals surface area contributed by atoms with Gasteiger partial charge in [-0.25, -0.2) is 4.79 Å². The van der Waals surface area contributed by atoms with Gasteiger partial charge in [0.25, 0.3) is 0 Å². The fourth-order valence-corrected chi connectivity index (χ4v) is 3.73. The first kappa shape index (κ1) is 30.2. The Kier molecular flexibility index (Phi) is 10.2. The molecule has 4 atom stereocenters. The summed E-state index contributed by atoms with van der Waals surface area (Å²) in [5.41, 5.74) is -1.17. The lowest BCUT2D eigenvalue weighted by Gasteiger charge is -2.28. The summed E-state index contributed by atoms with van der Waals surface area (Å²) < 4.78 is 39.5. The summed E-state index contributed by atoms with van der Waals surface area (Å²) in [5, 5.41) is 30.0. The van der Waals surface area contributed by atoms with Gasteiger partial charge in [-0.3, -0.25) is 19.0 Å². The molecular formula is C22H33F2N4O9+. The molecule has 2 heterocycles. The maximum absolute atomic E-state index is 14.2. The number of carboxylic acids is 1. The zero-order valence-corrected chi connectivity index (χ0v) is 20.8. The number of aliphatic hydroxyl groups is 2. The highest BCUT2D eigenvalue weighted by atomic mass is 19.3. The topological polar surface area (TPSA) is 177 Å². The number of ether oxygens (including phenoxy) is 2. The number of anilines is 1. The maximum Gasteiger partial charge on any atom is 0.351 e. The smallest absolute Gasteiger partial charge is 0.351 e. The predicted molar refractivity (Wildman–Crippen MR) is 123 cm³/mol. The number of carbonyl (C=O) groups excluding carboxylic acids is 2. The summed E-state index contributed by atoms with van der Waals surface area (Å²) in [4.78, 5) is 51.0. The van der Waals surface area contributed by atoms with Crippen molar-refractivity contribution in [3.63, 3.8) is 0 Å². The van der Waals surface area contributed by atoms with Gasteiger partial charge in [0.15, 0.2) is 12.2 Å². The third-order valence-electron chi connectivity index (χ3n) is 5.40. The number of aliphatic hydroxyl groups excluding tert-OH is 2. The second-order valence-corrected chi connectivity index (χ2v) is 9.77. The van der Waals surface area contributed by atoms with Gasteiger partial charge in [-0.1, -0.05) is 0 Å². The van der Waals surface area contributed by atoms with Crippen LogP contribution in [0.25, 0.3) is 0 Å². The van der Waals surface area contributed by atoms with Crippen molar-refractivity contribution in [1.29, 1.82) is 0 Å². The Balaban J connectivity index is 1.83. The number of amides is 1. The SMILES string of the molecule is C[N+](C)(C)CC(CC(=O)O)OC(=O)CCCCC(=O)Nc1ccn([C@@H]2O[C@H](CO)[C@@H](O)C2(F)F)c(=O)n1. The van der Waals surface area contributed by atoms with Crippen molar-refractivity contribution in [2.75, 3.05) is 39.6 Å². The second-order valence-electron chi connectivity index (χ2n) is 9.77. The van der Waals surface area contributed by atoms with E-state index in [1.807, 2.05) is 21.1 Å². The fraction of sp³-hybridized carbons (Fsp3) is 0.682. The summed E-state index contributed by atoms with van der Waals surface area (Å²) in [6.07, 6.45) is -5.74. The number of hydrogen-bond donors (Lipinski definition) is 4. The van der Waals surface area contributed by atoms with Crippen molar-refractivity contribution in [3.05, 3.63) is 22.7 Å². The van der Waals surface area contributed by atoms with Crippen molar-refractivity contribution in [3.8, 4) is 0 Å². The molecule has 1 fully saturated rings. The zero-order valence-electron chi connectivity index (χ0n) is 20.8. The van der Waals surface area contributed by atoms with Gasteiger partial charge < -0.3 is 34.6 Å². The molecule has 1 saturated heterocycles. The molecule has 1 aromatic rings. The number of likely N-dealkylation sites (N-methyl/N-ethyl adjacent to an activating group) is 1. The van der Waals surface area contributed by atoms with Crippen molar-refractivity contribution in [1.82, 2.24) is 9.55 Å². The first-order chi connectivity index (χ1) is 17.1. The molecular weight excluding hydrogens is 502 g/mol. The molecule has 4 N–H and O–H groups in total. The highest BCUT2D eigenvalue weighted by Gasteiger charge is 2.59. The van der Waals surface area contributed by atoms with E-state index in [9.17, 15) is 33.1 Å². The maximum atomic E-state index is 14.2. The van der Waals surface area contributed by atoms with E-state index in [1.54, 1.807) is 0 Å².